The molecule has 32 heavy (non-hydrogen) atoms. The molecule has 0 aliphatic heterocycles. The monoisotopic (exact) mass is 466 g/mol. The lowest BCUT2D eigenvalue weighted by atomic mass is 10.1. The molecule has 0 spiro atoms. The van der Waals surface area contributed by atoms with Crippen LogP contribution in [0.5, 0.6) is 5.75 Å². The van der Waals surface area contributed by atoms with Crippen LogP contribution in [0.1, 0.15) is 13.8 Å². The number of phenolic OH excluding ortho intramolecular Hbond substituents is 1. The SMILES string of the molecule is C=[C+]COC(/C=C\C)=C(/C)S(=O)(=O)Nc1cc(Sc2ccccc2)c(O)c2ccccc12. The maximum absolute atomic E-state index is 13.2. The van der Waals surface area contributed by atoms with Gasteiger partial charge in [-0.15, -0.1) is 0 Å². The van der Waals surface area contributed by atoms with E-state index in [9.17, 15) is 13.5 Å². The zero-order valence-corrected chi connectivity index (χ0v) is 19.5. The summed E-state index contributed by atoms with van der Waals surface area (Å²) in [5.41, 5.74) is 0.367. The van der Waals surface area contributed by atoms with E-state index in [1.807, 2.05) is 30.3 Å². The Bertz CT molecular complexity index is 1280. The maximum atomic E-state index is 13.2. The first-order chi connectivity index (χ1) is 15.4. The summed E-state index contributed by atoms with van der Waals surface area (Å²) in [6.07, 6.45) is 5.86. The van der Waals surface area contributed by atoms with Gasteiger partial charge in [0.25, 0.3) is 16.1 Å². The average molecular weight is 467 g/mol. The highest BCUT2D eigenvalue weighted by Crippen LogP contribution is 2.42. The van der Waals surface area contributed by atoms with E-state index < -0.39 is 10.0 Å². The molecule has 0 amide bonds. The third kappa shape index (κ3) is 5.32. The van der Waals surface area contributed by atoms with Crippen LogP contribution < -0.4 is 4.72 Å². The molecule has 3 rings (SSSR count). The molecular formula is C25H24NO4S2+. The molecule has 0 bridgehead atoms. The minimum Gasteiger partial charge on any atom is -0.506 e. The van der Waals surface area contributed by atoms with E-state index in [1.54, 1.807) is 49.4 Å². The second-order valence-corrected chi connectivity index (χ2v) is 9.73. The van der Waals surface area contributed by atoms with Crippen molar-refractivity contribution in [1.82, 2.24) is 0 Å². The standard InChI is InChI=1S/C25H23NO4S2/c1-4-11-23(30-16-5-2)18(3)32(28,29)26-22-17-24(31-19-12-7-6-8-13-19)25(27)21-15-10-9-14-20(21)22/h4,6-15,17,26H,2,16H2,1,3H3/p+1/b11-4-,23-18-. The van der Waals surface area contributed by atoms with Gasteiger partial charge < -0.3 is 9.84 Å². The van der Waals surface area contributed by atoms with Crippen molar-refractivity contribution in [1.29, 1.82) is 0 Å². The van der Waals surface area contributed by atoms with E-state index in [0.717, 1.165) is 4.90 Å². The lowest BCUT2D eigenvalue weighted by molar-refractivity contribution is 0.255. The van der Waals surface area contributed by atoms with Gasteiger partial charge in [0.1, 0.15) is 23.0 Å². The Morgan fingerprint density at radius 3 is 2.47 bits per heavy atom. The Labute approximate surface area is 193 Å². The largest absolute Gasteiger partial charge is 0.506 e. The van der Waals surface area contributed by atoms with Crippen LogP contribution in [0.4, 0.5) is 5.69 Å². The normalized spacial score (nSPS) is 12.4. The zero-order chi connectivity index (χ0) is 23.1. The van der Waals surface area contributed by atoms with Gasteiger partial charge in [-0.25, -0.2) is 8.42 Å². The van der Waals surface area contributed by atoms with E-state index >= 15 is 0 Å². The maximum Gasteiger partial charge on any atom is 0.303 e. The first kappa shape index (κ1) is 23.4. The number of anilines is 1. The second kappa shape index (κ2) is 10.4. The van der Waals surface area contributed by atoms with Crippen LogP contribution in [0.2, 0.25) is 0 Å². The van der Waals surface area contributed by atoms with Crippen molar-refractivity contribution >= 4 is 38.2 Å². The van der Waals surface area contributed by atoms with Gasteiger partial charge >= 0.3 is 6.61 Å². The van der Waals surface area contributed by atoms with E-state index in [4.69, 9.17) is 4.74 Å². The number of rotatable bonds is 9. The van der Waals surface area contributed by atoms with Crippen molar-refractivity contribution < 1.29 is 18.3 Å². The zero-order valence-electron chi connectivity index (χ0n) is 17.8. The van der Waals surface area contributed by atoms with Crippen LogP contribution >= 0.6 is 11.8 Å². The fourth-order valence-corrected chi connectivity index (χ4v) is 4.95. The van der Waals surface area contributed by atoms with Gasteiger partial charge in [-0.1, -0.05) is 60.3 Å². The van der Waals surface area contributed by atoms with Crippen LogP contribution in [-0.2, 0) is 14.8 Å². The first-order valence-corrected chi connectivity index (χ1v) is 12.1. The molecule has 164 valence electrons. The molecule has 0 radical (unpaired) electrons. The average Bonchev–Trinajstić information content (AvgIpc) is 2.80. The predicted molar refractivity (Wildman–Crippen MR) is 131 cm³/mol. The van der Waals surface area contributed by atoms with Crippen molar-refractivity contribution in [2.75, 3.05) is 11.3 Å². The summed E-state index contributed by atoms with van der Waals surface area (Å²) in [6.45, 7) is 6.79. The fourth-order valence-electron chi connectivity index (χ4n) is 3.01. The number of phenols is 1. The Hall–Kier alpha value is -3.25. The van der Waals surface area contributed by atoms with Gasteiger partial charge in [0.2, 0.25) is 0 Å². The third-order valence-corrected chi connectivity index (χ3v) is 7.13. The first-order valence-electron chi connectivity index (χ1n) is 9.84. The Morgan fingerprint density at radius 2 is 1.81 bits per heavy atom. The molecule has 0 atom stereocenters. The quantitative estimate of drug-likeness (QED) is 0.169. The molecule has 0 aliphatic carbocycles. The summed E-state index contributed by atoms with van der Waals surface area (Å²) >= 11 is 1.36. The van der Waals surface area contributed by atoms with E-state index in [0.29, 0.717) is 21.4 Å². The summed E-state index contributed by atoms with van der Waals surface area (Å²) in [6, 6.07) is 18.3. The number of hydrogen-bond donors (Lipinski definition) is 2. The second-order valence-electron chi connectivity index (χ2n) is 6.80. The van der Waals surface area contributed by atoms with Gasteiger partial charge in [0.15, 0.2) is 0 Å². The molecule has 0 saturated heterocycles. The van der Waals surface area contributed by atoms with Gasteiger partial charge in [0, 0.05) is 15.7 Å². The highest BCUT2D eigenvalue weighted by Gasteiger charge is 2.22. The molecule has 0 unspecified atom stereocenters. The molecular weight excluding hydrogens is 442 g/mol. The van der Waals surface area contributed by atoms with Crippen molar-refractivity contribution in [3.63, 3.8) is 0 Å². The summed E-state index contributed by atoms with van der Waals surface area (Å²) in [5.74, 6) is 0.308. The van der Waals surface area contributed by atoms with Crippen LogP contribution in [0.3, 0.4) is 0 Å². The van der Waals surface area contributed by atoms with Crippen LogP contribution in [0, 0.1) is 6.08 Å². The molecule has 0 aliphatic rings. The summed E-state index contributed by atoms with van der Waals surface area (Å²) in [7, 11) is -3.94. The van der Waals surface area contributed by atoms with Crippen molar-refractivity contribution in [3.05, 3.63) is 96.1 Å². The van der Waals surface area contributed by atoms with Crippen LogP contribution in [0.25, 0.3) is 10.8 Å². The number of ether oxygens (including phenoxy) is 1. The highest BCUT2D eigenvalue weighted by molar-refractivity contribution is 7.99. The van der Waals surface area contributed by atoms with Gasteiger partial charge in [-0.3, -0.25) is 4.72 Å². The number of hydrogen-bond acceptors (Lipinski definition) is 5. The van der Waals surface area contributed by atoms with Crippen LogP contribution in [-0.4, -0.2) is 20.1 Å². The number of sulfonamides is 1. The van der Waals surface area contributed by atoms with Gasteiger partial charge in [-0.2, -0.15) is 0 Å². The minimum atomic E-state index is -3.94. The molecule has 3 aromatic rings. The minimum absolute atomic E-state index is 0.0280. The van der Waals surface area contributed by atoms with E-state index in [-0.39, 0.29) is 23.0 Å². The van der Waals surface area contributed by atoms with Crippen molar-refractivity contribution in [2.24, 2.45) is 0 Å². The van der Waals surface area contributed by atoms with Gasteiger partial charge in [-0.05, 0) is 38.1 Å². The number of aromatic hydroxyl groups is 1. The smallest absolute Gasteiger partial charge is 0.303 e. The molecule has 0 aromatic heterocycles. The predicted octanol–water partition coefficient (Wildman–Crippen LogP) is 6.25. The van der Waals surface area contributed by atoms with E-state index in [2.05, 4.69) is 17.4 Å². The summed E-state index contributed by atoms with van der Waals surface area (Å²) in [4.78, 5) is 1.49. The number of nitrogens with one attached hydrogen (secondary N) is 1. The van der Waals surface area contributed by atoms with Crippen molar-refractivity contribution in [3.8, 4) is 5.75 Å². The van der Waals surface area contributed by atoms with E-state index in [1.165, 1.54) is 18.7 Å². The fraction of sp³-hybridized carbons (Fsp3) is 0.120. The third-order valence-electron chi connectivity index (χ3n) is 4.59. The molecule has 7 heteroatoms. The Morgan fingerprint density at radius 1 is 1.16 bits per heavy atom. The summed E-state index contributed by atoms with van der Waals surface area (Å²) < 4.78 is 34.5. The molecule has 5 nitrogen and oxygen atoms in total. The van der Waals surface area contributed by atoms with Crippen LogP contribution in [0.15, 0.2) is 99.8 Å². The Balaban J connectivity index is 2.09. The molecule has 0 fully saturated rings. The number of benzene rings is 3. The molecule has 0 saturated carbocycles. The Kier molecular flexibility index (Phi) is 7.59. The highest BCUT2D eigenvalue weighted by atomic mass is 32.2. The molecule has 0 heterocycles. The van der Waals surface area contributed by atoms with Gasteiger partial charge in [0.05, 0.1) is 10.6 Å². The topological polar surface area (TPSA) is 75.6 Å². The number of allylic oxidation sites excluding steroid dienone is 3. The lowest BCUT2D eigenvalue weighted by Crippen LogP contribution is -2.16. The van der Waals surface area contributed by atoms with Crippen molar-refractivity contribution in [2.45, 2.75) is 23.6 Å². The summed E-state index contributed by atoms with van der Waals surface area (Å²) in [5, 5.41) is 12.0. The molecule has 3 aromatic carbocycles. The molecule has 2 N–H and O–H groups in total. The lowest BCUT2D eigenvalue weighted by Gasteiger charge is -2.16. The number of fused-ring (bicyclic) bond motifs is 1.